The van der Waals surface area contributed by atoms with Crippen LogP contribution in [0.2, 0.25) is 10.0 Å². The van der Waals surface area contributed by atoms with Crippen LogP contribution in [0.15, 0.2) is 36.4 Å². The molecule has 2 aromatic carbocycles. The molecule has 3 aromatic rings. The minimum atomic E-state index is 0.187. The van der Waals surface area contributed by atoms with Gasteiger partial charge in [0, 0.05) is 6.07 Å². The van der Waals surface area contributed by atoms with Crippen LogP contribution in [0.3, 0.4) is 0 Å². The van der Waals surface area contributed by atoms with E-state index >= 15 is 0 Å². The summed E-state index contributed by atoms with van der Waals surface area (Å²) in [5.41, 5.74) is 1.99. The third kappa shape index (κ3) is 2.21. The Bertz CT molecular complexity index is 768. The van der Waals surface area contributed by atoms with Gasteiger partial charge in [-0.05, 0) is 18.2 Å². The Morgan fingerprint density at radius 3 is 2.30 bits per heavy atom. The molecule has 3 rings (SSSR count). The normalized spacial score (nSPS) is 10.7. The predicted molar refractivity (Wildman–Crippen MR) is 75.6 cm³/mol. The van der Waals surface area contributed by atoms with E-state index < -0.39 is 0 Å². The zero-order chi connectivity index (χ0) is 14.1. The smallest absolute Gasteiger partial charge is 0.298 e. The number of aromatic nitrogens is 3. The number of hydrogen-bond acceptors (Lipinski definition) is 4. The standard InChI is InChI=1S/C13H7Cl2N3O2/c14-8-6-13(20-7-19)9(15)5-12(8)18-16-10-3-1-2-4-11(10)17-18/h1-7H. The van der Waals surface area contributed by atoms with Crippen molar-refractivity contribution in [2.24, 2.45) is 0 Å². The summed E-state index contributed by atoms with van der Waals surface area (Å²) in [7, 11) is 0. The van der Waals surface area contributed by atoms with Crippen LogP contribution >= 0.6 is 23.2 Å². The fourth-order valence-corrected chi connectivity index (χ4v) is 2.21. The van der Waals surface area contributed by atoms with E-state index in [0.29, 0.717) is 10.7 Å². The Hall–Kier alpha value is -2.11. The van der Waals surface area contributed by atoms with Crippen LogP contribution in [0.1, 0.15) is 0 Å². The van der Waals surface area contributed by atoms with Crippen LogP contribution in [-0.2, 0) is 4.79 Å². The second-order valence-corrected chi connectivity index (χ2v) is 4.74. The summed E-state index contributed by atoms with van der Waals surface area (Å²) in [6.45, 7) is 0.289. The number of carbonyl (C=O) groups is 1. The van der Waals surface area contributed by atoms with Gasteiger partial charge in [-0.25, -0.2) is 0 Å². The lowest BCUT2D eigenvalue weighted by Gasteiger charge is -2.06. The Balaban J connectivity index is 2.13. The Kier molecular flexibility index (Phi) is 3.30. The number of nitrogens with zero attached hydrogens (tertiary/aromatic N) is 3. The summed E-state index contributed by atoms with van der Waals surface area (Å²) in [4.78, 5) is 11.7. The van der Waals surface area contributed by atoms with Crippen molar-refractivity contribution < 1.29 is 9.53 Å². The van der Waals surface area contributed by atoms with Crippen molar-refractivity contribution in [1.82, 2.24) is 15.0 Å². The molecular formula is C13H7Cl2N3O2. The maximum atomic E-state index is 10.4. The molecule has 5 nitrogen and oxygen atoms in total. The molecule has 0 saturated carbocycles. The quantitative estimate of drug-likeness (QED) is 0.697. The van der Waals surface area contributed by atoms with Crippen molar-refractivity contribution in [2.45, 2.75) is 0 Å². The van der Waals surface area contributed by atoms with Gasteiger partial charge in [-0.15, -0.1) is 15.0 Å². The molecule has 7 heteroatoms. The van der Waals surface area contributed by atoms with Gasteiger partial charge in [0.05, 0.1) is 10.0 Å². The Morgan fingerprint density at radius 2 is 1.70 bits per heavy atom. The lowest BCUT2D eigenvalue weighted by molar-refractivity contribution is -0.120. The maximum Gasteiger partial charge on any atom is 0.298 e. The molecule has 0 aliphatic rings. The van der Waals surface area contributed by atoms with Crippen LogP contribution in [0.5, 0.6) is 5.75 Å². The first-order valence-corrected chi connectivity index (χ1v) is 6.36. The van der Waals surface area contributed by atoms with E-state index in [1.807, 2.05) is 24.3 Å². The van der Waals surface area contributed by atoms with E-state index in [0.717, 1.165) is 11.0 Å². The predicted octanol–water partition coefficient (Wildman–Crippen LogP) is 3.26. The SMILES string of the molecule is O=COc1cc(Cl)c(-n2nc3ccccc3n2)cc1Cl. The van der Waals surface area contributed by atoms with Crippen LogP contribution in [0, 0.1) is 0 Å². The molecule has 0 N–H and O–H groups in total. The van der Waals surface area contributed by atoms with E-state index in [1.54, 1.807) is 6.07 Å². The van der Waals surface area contributed by atoms with E-state index in [4.69, 9.17) is 27.9 Å². The highest BCUT2D eigenvalue weighted by molar-refractivity contribution is 6.35. The first-order valence-electron chi connectivity index (χ1n) is 5.61. The van der Waals surface area contributed by atoms with Gasteiger partial charge in [0.25, 0.3) is 6.47 Å². The number of rotatable bonds is 3. The minimum absolute atomic E-state index is 0.187. The zero-order valence-corrected chi connectivity index (χ0v) is 11.5. The first kappa shape index (κ1) is 12.9. The van der Waals surface area contributed by atoms with Gasteiger partial charge in [0.1, 0.15) is 16.7 Å². The molecule has 0 saturated heterocycles. The molecular weight excluding hydrogens is 301 g/mol. The number of halogens is 2. The van der Waals surface area contributed by atoms with Crippen molar-refractivity contribution >= 4 is 40.7 Å². The lowest BCUT2D eigenvalue weighted by Crippen LogP contribution is -2.00. The van der Waals surface area contributed by atoms with Crippen LogP contribution in [0.25, 0.3) is 16.7 Å². The van der Waals surface area contributed by atoms with Crippen LogP contribution < -0.4 is 4.74 Å². The van der Waals surface area contributed by atoms with Gasteiger partial charge < -0.3 is 4.74 Å². The molecule has 0 unspecified atom stereocenters. The highest BCUT2D eigenvalue weighted by Gasteiger charge is 2.12. The molecule has 0 aliphatic heterocycles. The molecule has 0 spiro atoms. The van der Waals surface area contributed by atoms with E-state index in [9.17, 15) is 4.79 Å². The average molecular weight is 308 g/mol. The first-order chi connectivity index (χ1) is 9.69. The third-order valence-corrected chi connectivity index (χ3v) is 3.28. The van der Waals surface area contributed by atoms with E-state index in [2.05, 4.69) is 10.2 Å². The van der Waals surface area contributed by atoms with Gasteiger partial charge >= 0.3 is 0 Å². The number of ether oxygens (including phenoxy) is 1. The molecule has 1 heterocycles. The van der Waals surface area contributed by atoms with Gasteiger partial charge in [0.15, 0.2) is 5.75 Å². The van der Waals surface area contributed by atoms with Crippen molar-refractivity contribution in [2.75, 3.05) is 0 Å². The van der Waals surface area contributed by atoms with Crippen molar-refractivity contribution in [3.8, 4) is 11.4 Å². The fourth-order valence-electron chi connectivity index (χ4n) is 1.78. The fraction of sp³-hybridized carbons (Fsp3) is 0. The number of carbonyl (C=O) groups excluding carboxylic acids is 1. The number of hydrogen-bond donors (Lipinski definition) is 0. The van der Waals surface area contributed by atoms with Gasteiger partial charge in [-0.2, -0.15) is 0 Å². The molecule has 100 valence electrons. The summed E-state index contributed by atoms with van der Waals surface area (Å²) in [5, 5.41) is 9.20. The third-order valence-electron chi connectivity index (χ3n) is 2.68. The second-order valence-electron chi connectivity index (χ2n) is 3.93. The monoisotopic (exact) mass is 307 g/mol. The van der Waals surface area contributed by atoms with Crippen molar-refractivity contribution in [3.05, 3.63) is 46.4 Å². The van der Waals surface area contributed by atoms with E-state index in [1.165, 1.54) is 10.9 Å². The largest absolute Gasteiger partial charge is 0.427 e. The Labute approximate surface area is 123 Å². The molecule has 0 radical (unpaired) electrons. The van der Waals surface area contributed by atoms with Crippen molar-refractivity contribution in [1.29, 1.82) is 0 Å². The molecule has 0 aliphatic carbocycles. The highest BCUT2D eigenvalue weighted by Crippen LogP contribution is 2.32. The second kappa shape index (κ2) is 5.11. The summed E-state index contributed by atoms with van der Waals surface area (Å²) in [5.74, 6) is 0.187. The summed E-state index contributed by atoms with van der Waals surface area (Å²) in [6, 6.07) is 10.4. The van der Waals surface area contributed by atoms with Gasteiger partial charge in [-0.3, -0.25) is 4.79 Å². The molecule has 0 fully saturated rings. The summed E-state index contributed by atoms with van der Waals surface area (Å²) < 4.78 is 4.72. The molecule has 0 atom stereocenters. The summed E-state index contributed by atoms with van der Waals surface area (Å²) >= 11 is 12.2. The number of benzene rings is 2. The highest BCUT2D eigenvalue weighted by atomic mass is 35.5. The Morgan fingerprint density at radius 1 is 1.05 bits per heavy atom. The van der Waals surface area contributed by atoms with E-state index in [-0.39, 0.29) is 17.2 Å². The van der Waals surface area contributed by atoms with Crippen LogP contribution in [-0.4, -0.2) is 21.5 Å². The van der Waals surface area contributed by atoms with Gasteiger partial charge in [-0.1, -0.05) is 35.3 Å². The minimum Gasteiger partial charge on any atom is -0.427 e. The lowest BCUT2D eigenvalue weighted by atomic mass is 10.3. The molecule has 0 bridgehead atoms. The number of fused-ring (bicyclic) bond motifs is 1. The molecule has 0 amide bonds. The molecule has 20 heavy (non-hydrogen) atoms. The van der Waals surface area contributed by atoms with Crippen molar-refractivity contribution in [3.63, 3.8) is 0 Å². The van der Waals surface area contributed by atoms with Crippen LogP contribution in [0.4, 0.5) is 0 Å². The maximum absolute atomic E-state index is 10.4. The summed E-state index contributed by atoms with van der Waals surface area (Å²) in [6.07, 6.45) is 0. The average Bonchev–Trinajstić information content (AvgIpc) is 2.86. The molecule has 1 aromatic heterocycles. The van der Waals surface area contributed by atoms with Gasteiger partial charge in [0.2, 0.25) is 0 Å². The zero-order valence-electron chi connectivity index (χ0n) is 9.96. The topological polar surface area (TPSA) is 57.0 Å².